The maximum absolute atomic E-state index is 13.6. The van der Waals surface area contributed by atoms with Crippen LogP contribution in [0.15, 0.2) is 42.5 Å². The van der Waals surface area contributed by atoms with Crippen molar-refractivity contribution in [2.24, 2.45) is 0 Å². The number of rotatable bonds is 3. The van der Waals surface area contributed by atoms with Crippen molar-refractivity contribution in [1.29, 1.82) is 0 Å². The molecule has 6 heteroatoms. The van der Waals surface area contributed by atoms with Crippen LogP contribution in [0.25, 0.3) is 6.08 Å². The van der Waals surface area contributed by atoms with Crippen LogP contribution in [-0.4, -0.2) is 5.91 Å². The van der Waals surface area contributed by atoms with Crippen molar-refractivity contribution in [3.63, 3.8) is 0 Å². The van der Waals surface area contributed by atoms with Crippen LogP contribution >= 0.6 is 45.8 Å². The maximum atomic E-state index is 13.6. The minimum Gasteiger partial charge on any atom is -0.320 e. The first-order valence-corrected chi connectivity index (χ1v) is 7.68. The number of carbonyl (C=O) groups excluding carboxylic acids is 1. The number of halogens is 4. The van der Waals surface area contributed by atoms with Gasteiger partial charge < -0.3 is 5.32 Å². The van der Waals surface area contributed by atoms with Crippen LogP contribution in [0.2, 0.25) is 10.0 Å². The van der Waals surface area contributed by atoms with E-state index in [1.54, 1.807) is 30.3 Å². The van der Waals surface area contributed by atoms with Crippen molar-refractivity contribution in [2.45, 2.75) is 0 Å². The molecule has 0 heterocycles. The Kier molecular flexibility index (Phi) is 5.61. The van der Waals surface area contributed by atoms with E-state index in [1.807, 2.05) is 22.6 Å². The smallest absolute Gasteiger partial charge is 0.248 e. The highest BCUT2D eigenvalue weighted by Gasteiger charge is 2.05. The molecule has 0 atom stereocenters. The molecule has 2 rings (SSSR count). The maximum Gasteiger partial charge on any atom is 0.248 e. The second-order valence-corrected chi connectivity index (χ2v) is 6.20. The van der Waals surface area contributed by atoms with Gasteiger partial charge >= 0.3 is 0 Å². The summed E-state index contributed by atoms with van der Waals surface area (Å²) < 4.78 is 14.4. The molecule has 0 saturated heterocycles. The Morgan fingerprint density at radius 1 is 1.19 bits per heavy atom. The molecular formula is C15H9Cl2FINO. The third kappa shape index (κ3) is 4.69. The van der Waals surface area contributed by atoms with E-state index in [0.29, 0.717) is 15.6 Å². The van der Waals surface area contributed by atoms with Crippen LogP contribution < -0.4 is 5.32 Å². The Labute approximate surface area is 145 Å². The van der Waals surface area contributed by atoms with Crippen LogP contribution in [-0.2, 0) is 4.79 Å². The summed E-state index contributed by atoms with van der Waals surface area (Å²) in [6, 6.07) is 9.51. The number of hydrogen-bond donors (Lipinski definition) is 1. The third-order valence-electron chi connectivity index (χ3n) is 2.57. The highest BCUT2D eigenvalue weighted by atomic mass is 127. The molecule has 21 heavy (non-hydrogen) atoms. The van der Waals surface area contributed by atoms with Gasteiger partial charge in [-0.15, -0.1) is 0 Å². The van der Waals surface area contributed by atoms with Crippen LogP contribution in [0.4, 0.5) is 10.1 Å². The molecule has 2 nitrogen and oxygen atoms in total. The molecule has 0 aliphatic rings. The van der Waals surface area contributed by atoms with Gasteiger partial charge in [-0.1, -0.05) is 29.3 Å². The molecule has 0 unspecified atom stereocenters. The van der Waals surface area contributed by atoms with Crippen molar-refractivity contribution < 1.29 is 9.18 Å². The lowest BCUT2D eigenvalue weighted by Crippen LogP contribution is -2.09. The molecular weight excluding hydrogens is 427 g/mol. The minimum atomic E-state index is -0.479. The molecule has 0 aromatic heterocycles. The van der Waals surface area contributed by atoms with E-state index in [4.69, 9.17) is 23.2 Å². The normalized spacial score (nSPS) is 10.9. The topological polar surface area (TPSA) is 29.1 Å². The van der Waals surface area contributed by atoms with Gasteiger partial charge in [-0.25, -0.2) is 4.39 Å². The first-order chi connectivity index (χ1) is 9.95. The van der Waals surface area contributed by atoms with E-state index < -0.39 is 11.7 Å². The summed E-state index contributed by atoms with van der Waals surface area (Å²) in [7, 11) is 0. The number of amides is 1. The van der Waals surface area contributed by atoms with Gasteiger partial charge in [0.25, 0.3) is 0 Å². The quantitative estimate of drug-likeness (QED) is 0.508. The van der Waals surface area contributed by atoms with E-state index in [-0.39, 0.29) is 5.69 Å². The van der Waals surface area contributed by atoms with Gasteiger partial charge in [-0.05, 0) is 64.6 Å². The summed E-state index contributed by atoms with van der Waals surface area (Å²) in [6.45, 7) is 0. The summed E-state index contributed by atoms with van der Waals surface area (Å²) in [5, 5.41) is 3.42. The predicted molar refractivity (Wildman–Crippen MR) is 93.2 cm³/mol. The van der Waals surface area contributed by atoms with Gasteiger partial charge in [0, 0.05) is 19.7 Å². The minimum absolute atomic E-state index is 0.132. The Balaban J connectivity index is 2.09. The number of hydrogen-bond acceptors (Lipinski definition) is 1. The van der Waals surface area contributed by atoms with E-state index >= 15 is 0 Å². The molecule has 0 spiro atoms. The second-order valence-electron chi connectivity index (χ2n) is 4.11. The van der Waals surface area contributed by atoms with E-state index in [9.17, 15) is 9.18 Å². The van der Waals surface area contributed by atoms with Crippen molar-refractivity contribution in [1.82, 2.24) is 0 Å². The Morgan fingerprint density at radius 2 is 1.95 bits per heavy atom. The van der Waals surface area contributed by atoms with Crippen molar-refractivity contribution in [2.75, 3.05) is 5.32 Å². The van der Waals surface area contributed by atoms with E-state index in [0.717, 1.165) is 3.57 Å². The van der Waals surface area contributed by atoms with Crippen molar-refractivity contribution in [3.8, 4) is 0 Å². The van der Waals surface area contributed by atoms with Gasteiger partial charge in [-0.2, -0.15) is 0 Å². The Bertz CT molecular complexity index is 719. The SMILES string of the molecule is O=C(/C=C/c1ccc(Cl)cc1Cl)Nc1ccc(I)cc1F. The van der Waals surface area contributed by atoms with E-state index in [1.165, 1.54) is 18.2 Å². The zero-order chi connectivity index (χ0) is 15.4. The van der Waals surface area contributed by atoms with Gasteiger partial charge in [0.2, 0.25) is 5.91 Å². The molecule has 2 aromatic rings. The van der Waals surface area contributed by atoms with Gasteiger partial charge in [0.05, 0.1) is 5.69 Å². The Morgan fingerprint density at radius 3 is 2.62 bits per heavy atom. The summed E-state index contributed by atoms with van der Waals surface area (Å²) in [4.78, 5) is 11.8. The molecule has 108 valence electrons. The molecule has 0 fully saturated rings. The van der Waals surface area contributed by atoms with Crippen molar-refractivity contribution >= 4 is 63.5 Å². The number of benzene rings is 2. The molecule has 0 radical (unpaired) electrons. The Hall–Kier alpha value is -1.11. The van der Waals surface area contributed by atoms with E-state index in [2.05, 4.69) is 5.32 Å². The average molecular weight is 436 g/mol. The second kappa shape index (κ2) is 7.24. The van der Waals surface area contributed by atoms with Crippen LogP contribution in [0.5, 0.6) is 0 Å². The highest BCUT2D eigenvalue weighted by Crippen LogP contribution is 2.22. The largest absolute Gasteiger partial charge is 0.320 e. The standard InChI is InChI=1S/C15H9Cl2FINO/c16-10-3-1-9(12(17)7-10)2-6-15(21)20-14-5-4-11(19)8-13(14)18/h1-8H,(H,20,21)/b6-2+. The van der Waals surface area contributed by atoms with Gasteiger partial charge in [0.15, 0.2) is 0 Å². The lowest BCUT2D eigenvalue weighted by molar-refractivity contribution is -0.111. The molecule has 1 N–H and O–H groups in total. The lowest BCUT2D eigenvalue weighted by Gasteiger charge is -2.04. The molecule has 0 bridgehead atoms. The number of anilines is 1. The zero-order valence-corrected chi connectivity index (χ0v) is 14.2. The number of carbonyl (C=O) groups is 1. The average Bonchev–Trinajstić information content (AvgIpc) is 2.41. The van der Waals surface area contributed by atoms with Crippen LogP contribution in [0.1, 0.15) is 5.56 Å². The van der Waals surface area contributed by atoms with Crippen LogP contribution in [0, 0.1) is 9.39 Å². The molecule has 0 aliphatic heterocycles. The third-order valence-corrected chi connectivity index (χ3v) is 3.80. The summed E-state index contributed by atoms with van der Waals surface area (Å²) in [5.41, 5.74) is 0.784. The summed E-state index contributed by atoms with van der Waals surface area (Å²) in [6.07, 6.45) is 2.82. The van der Waals surface area contributed by atoms with Gasteiger partial charge in [-0.3, -0.25) is 4.79 Å². The molecule has 2 aromatic carbocycles. The number of nitrogens with one attached hydrogen (secondary N) is 1. The monoisotopic (exact) mass is 435 g/mol. The van der Waals surface area contributed by atoms with Crippen LogP contribution in [0.3, 0.4) is 0 Å². The zero-order valence-electron chi connectivity index (χ0n) is 10.5. The first kappa shape index (κ1) is 16.3. The molecule has 1 amide bonds. The summed E-state index contributed by atoms with van der Waals surface area (Å²) in [5.74, 6) is -0.922. The first-order valence-electron chi connectivity index (χ1n) is 5.85. The molecule has 0 saturated carbocycles. The summed E-state index contributed by atoms with van der Waals surface area (Å²) >= 11 is 13.8. The fraction of sp³-hybridized carbons (Fsp3) is 0. The lowest BCUT2D eigenvalue weighted by atomic mass is 10.2. The van der Waals surface area contributed by atoms with Gasteiger partial charge in [0.1, 0.15) is 5.82 Å². The molecule has 0 aliphatic carbocycles. The van der Waals surface area contributed by atoms with Crippen molar-refractivity contribution in [3.05, 3.63) is 67.5 Å². The predicted octanol–water partition coefficient (Wildman–Crippen LogP) is 5.39. The fourth-order valence-electron chi connectivity index (χ4n) is 1.57. The fourth-order valence-corrected chi connectivity index (χ4v) is 2.49. The highest BCUT2D eigenvalue weighted by molar-refractivity contribution is 14.1.